The zero-order valence-corrected chi connectivity index (χ0v) is 20.9. The van der Waals surface area contributed by atoms with Crippen LogP contribution in [0.4, 0.5) is 0 Å². The number of rotatable bonds is 14. The molecule has 0 aromatic heterocycles. The number of ether oxygens (including phenoxy) is 2. The molecule has 10 nitrogen and oxygen atoms in total. The van der Waals surface area contributed by atoms with E-state index in [1.54, 1.807) is 26.8 Å². The third kappa shape index (κ3) is 9.29. The first kappa shape index (κ1) is 28.2. The summed E-state index contributed by atoms with van der Waals surface area (Å²) < 4.78 is 64.2. The molecule has 0 aliphatic heterocycles. The van der Waals surface area contributed by atoms with Gasteiger partial charge in [0.25, 0.3) is 10.1 Å². The molecule has 0 radical (unpaired) electrons. The lowest BCUT2D eigenvalue weighted by molar-refractivity contribution is -0.139. The fourth-order valence-corrected chi connectivity index (χ4v) is 5.46. The standard InChI is InChI=1S/C19H36NO9PS/c1-7-15(8-2)28-16-12-14(19(21)25-9-3)13-17(29-31(6,23)24)18(16)20-30(22,26-10-4)27-11-5/h12,15-18H,7-11,13H2,1-6H3,(H,20,22). The van der Waals surface area contributed by atoms with Crippen LogP contribution < -0.4 is 5.09 Å². The largest absolute Gasteiger partial charge is 0.463 e. The van der Waals surface area contributed by atoms with Crippen molar-refractivity contribution in [1.29, 1.82) is 0 Å². The Hall–Kier alpha value is -0.810. The summed E-state index contributed by atoms with van der Waals surface area (Å²) in [5.74, 6) is -0.584. The van der Waals surface area contributed by atoms with Crippen LogP contribution in [0.2, 0.25) is 0 Å². The number of esters is 1. The number of hydrogen-bond acceptors (Lipinski definition) is 9. The summed E-state index contributed by atoms with van der Waals surface area (Å²) in [6.07, 6.45) is 1.68. The highest BCUT2D eigenvalue weighted by molar-refractivity contribution is 7.86. The molecule has 0 saturated carbocycles. The van der Waals surface area contributed by atoms with Crippen molar-refractivity contribution in [3.63, 3.8) is 0 Å². The summed E-state index contributed by atoms with van der Waals surface area (Å²) in [7, 11) is -7.70. The fourth-order valence-electron chi connectivity index (χ4n) is 3.24. The first-order chi connectivity index (χ1) is 14.5. The lowest BCUT2D eigenvalue weighted by atomic mass is 9.90. The molecule has 0 bridgehead atoms. The van der Waals surface area contributed by atoms with Crippen LogP contribution in [0.25, 0.3) is 0 Å². The minimum atomic E-state index is -3.91. The lowest BCUT2D eigenvalue weighted by Crippen LogP contribution is -2.53. The summed E-state index contributed by atoms with van der Waals surface area (Å²) in [4.78, 5) is 12.4. The zero-order chi connectivity index (χ0) is 23.7. The Labute approximate surface area is 185 Å². The van der Waals surface area contributed by atoms with Crippen molar-refractivity contribution in [2.24, 2.45) is 0 Å². The maximum absolute atomic E-state index is 13.2. The Morgan fingerprint density at radius 2 is 1.71 bits per heavy atom. The second kappa shape index (κ2) is 13.0. The van der Waals surface area contributed by atoms with Crippen molar-refractivity contribution in [2.45, 2.75) is 78.2 Å². The third-order valence-electron chi connectivity index (χ3n) is 4.54. The molecule has 1 aliphatic carbocycles. The van der Waals surface area contributed by atoms with Gasteiger partial charge in [0.1, 0.15) is 0 Å². The second-order valence-electron chi connectivity index (χ2n) is 6.98. The van der Waals surface area contributed by atoms with E-state index in [0.717, 1.165) is 6.26 Å². The molecule has 12 heteroatoms. The SMILES string of the molecule is CCOC(=O)C1=CC(OC(CC)CC)C(NP(=O)(OCC)OCC)C(OS(C)(=O)=O)C1. The van der Waals surface area contributed by atoms with Crippen LogP contribution in [-0.4, -0.2) is 64.8 Å². The van der Waals surface area contributed by atoms with Gasteiger partial charge in [-0.05, 0) is 39.7 Å². The third-order valence-corrected chi connectivity index (χ3v) is 6.95. The summed E-state index contributed by atoms with van der Waals surface area (Å²) in [6.45, 7) is 9.28. The Kier molecular flexibility index (Phi) is 11.9. The lowest BCUT2D eigenvalue weighted by Gasteiger charge is -2.38. The average molecular weight is 486 g/mol. The van der Waals surface area contributed by atoms with E-state index in [4.69, 9.17) is 22.7 Å². The zero-order valence-electron chi connectivity index (χ0n) is 19.2. The van der Waals surface area contributed by atoms with E-state index < -0.39 is 42.1 Å². The summed E-state index contributed by atoms with van der Waals surface area (Å²) in [5, 5.41) is 2.80. The van der Waals surface area contributed by atoms with Gasteiger partial charge in [0, 0.05) is 12.0 Å². The Bertz CT molecular complexity index is 741. The minimum absolute atomic E-state index is 0.0788. The van der Waals surface area contributed by atoms with Gasteiger partial charge < -0.3 is 9.47 Å². The fraction of sp³-hybridized carbons (Fsp3) is 0.842. The van der Waals surface area contributed by atoms with Crippen LogP contribution >= 0.6 is 7.75 Å². The van der Waals surface area contributed by atoms with Gasteiger partial charge in [0.2, 0.25) is 0 Å². The Balaban J connectivity index is 3.43. The van der Waals surface area contributed by atoms with Crippen LogP contribution in [0.1, 0.15) is 53.9 Å². The molecular weight excluding hydrogens is 449 g/mol. The second-order valence-corrected chi connectivity index (χ2v) is 10.4. The predicted molar refractivity (Wildman–Crippen MR) is 116 cm³/mol. The topological polar surface area (TPSA) is 126 Å². The van der Waals surface area contributed by atoms with Crippen LogP contribution in [0.5, 0.6) is 0 Å². The highest BCUT2D eigenvalue weighted by atomic mass is 32.2. The van der Waals surface area contributed by atoms with Gasteiger partial charge in [-0.3, -0.25) is 13.2 Å². The quantitative estimate of drug-likeness (QED) is 0.223. The van der Waals surface area contributed by atoms with Crippen LogP contribution in [0, 0.1) is 0 Å². The average Bonchev–Trinajstić information content (AvgIpc) is 2.67. The van der Waals surface area contributed by atoms with Crippen LogP contribution in [0.15, 0.2) is 11.6 Å². The van der Waals surface area contributed by atoms with Gasteiger partial charge in [-0.2, -0.15) is 8.42 Å². The van der Waals surface area contributed by atoms with Gasteiger partial charge >= 0.3 is 13.7 Å². The maximum atomic E-state index is 13.2. The van der Waals surface area contributed by atoms with Gasteiger partial charge in [-0.1, -0.05) is 13.8 Å². The molecule has 31 heavy (non-hydrogen) atoms. The molecule has 0 fully saturated rings. The highest BCUT2D eigenvalue weighted by Gasteiger charge is 2.43. The maximum Gasteiger partial charge on any atom is 0.405 e. The smallest absolute Gasteiger partial charge is 0.405 e. The van der Waals surface area contributed by atoms with E-state index in [-0.39, 0.29) is 37.9 Å². The molecule has 0 aromatic carbocycles. The number of hydrogen-bond donors (Lipinski definition) is 1. The monoisotopic (exact) mass is 485 g/mol. The molecular formula is C19H36NO9PS. The van der Waals surface area contributed by atoms with E-state index in [2.05, 4.69) is 5.09 Å². The molecule has 0 spiro atoms. The van der Waals surface area contributed by atoms with Gasteiger partial charge in [0.15, 0.2) is 0 Å². The van der Waals surface area contributed by atoms with Crippen molar-refractivity contribution in [3.8, 4) is 0 Å². The van der Waals surface area contributed by atoms with Crippen molar-refractivity contribution in [3.05, 3.63) is 11.6 Å². The number of nitrogens with one attached hydrogen (secondary N) is 1. The van der Waals surface area contributed by atoms with Crippen molar-refractivity contribution < 1.29 is 40.5 Å². The Morgan fingerprint density at radius 3 is 2.16 bits per heavy atom. The number of carbonyl (C=O) groups is 1. The molecule has 0 saturated heterocycles. The van der Waals surface area contributed by atoms with Gasteiger partial charge in [-0.25, -0.2) is 14.4 Å². The summed E-state index contributed by atoms with van der Waals surface area (Å²) >= 11 is 0. The molecule has 1 N–H and O–H groups in total. The first-order valence-corrected chi connectivity index (χ1v) is 14.0. The van der Waals surface area contributed by atoms with Crippen molar-refractivity contribution >= 4 is 23.8 Å². The van der Waals surface area contributed by atoms with Gasteiger partial charge in [0.05, 0.1) is 50.4 Å². The van der Waals surface area contributed by atoms with E-state index in [0.29, 0.717) is 12.8 Å². The summed E-state index contributed by atoms with van der Waals surface area (Å²) in [6, 6.07) is -0.919. The molecule has 0 aromatic rings. The number of carbonyl (C=O) groups excluding carboxylic acids is 1. The van der Waals surface area contributed by atoms with Crippen molar-refractivity contribution in [1.82, 2.24) is 5.09 Å². The minimum Gasteiger partial charge on any atom is -0.463 e. The van der Waals surface area contributed by atoms with E-state index in [1.165, 1.54) is 0 Å². The molecule has 1 aliphatic rings. The van der Waals surface area contributed by atoms with Crippen LogP contribution in [0.3, 0.4) is 0 Å². The van der Waals surface area contributed by atoms with E-state index in [1.807, 2.05) is 13.8 Å². The highest BCUT2D eigenvalue weighted by Crippen LogP contribution is 2.46. The van der Waals surface area contributed by atoms with E-state index >= 15 is 0 Å². The van der Waals surface area contributed by atoms with E-state index in [9.17, 15) is 17.8 Å². The molecule has 3 unspecified atom stereocenters. The van der Waals surface area contributed by atoms with Crippen LogP contribution in [-0.2, 0) is 42.2 Å². The van der Waals surface area contributed by atoms with Crippen molar-refractivity contribution in [2.75, 3.05) is 26.1 Å². The predicted octanol–water partition coefficient (Wildman–Crippen LogP) is 2.94. The molecule has 0 amide bonds. The molecule has 3 atom stereocenters. The molecule has 182 valence electrons. The summed E-state index contributed by atoms with van der Waals surface area (Å²) in [5.41, 5.74) is 0.229. The molecule has 1 rings (SSSR count). The Morgan fingerprint density at radius 1 is 1.13 bits per heavy atom. The molecule has 0 heterocycles. The van der Waals surface area contributed by atoms with Gasteiger partial charge in [-0.15, -0.1) is 0 Å². The normalized spacial score (nSPS) is 22.4. The first-order valence-electron chi connectivity index (χ1n) is 10.6.